The van der Waals surface area contributed by atoms with Crippen molar-refractivity contribution in [2.45, 2.75) is 6.42 Å². The van der Waals surface area contributed by atoms with Gasteiger partial charge < -0.3 is 0 Å². The highest BCUT2D eigenvalue weighted by Crippen LogP contribution is 2.23. The van der Waals surface area contributed by atoms with Crippen LogP contribution in [0.4, 0.5) is 4.39 Å². The van der Waals surface area contributed by atoms with E-state index < -0.39 is 0 Å². The molecule has 0 fully saturated rings. The van der Waals surface area contributed by atoms with Gasteiger partial charge in [0.2, 0.25) is 0 Å². The third-order valence-electron chi connectivity index (χ3n) is 3.37. The number of H-pyrrole nitrogens is 1. The maximum Gasteiger partial charge on any atom is 0.123 e. The Morgan fingerprint density at radius 1 is 1.00 bits per heavy atom. The second kappa shape index (κ2) is 6.99. The number of aromatic nitrogens is 2. The Labute approximate surface area is 143 Å². The number of allylic oxidation sites excluding steroid dienone is 1. The van der Waals surface area contributed by atoms with Crippen LogP contribution in [0.2, 0.25) is 10.0 Å². The second-order valence-corrected chi connectivity index (χ2v) is 5.88. The average molecular weight is 347 g/mol. The Kier molecular flexibility index (Phi) is 4.79. The molecule has 2 aromatic carbocycles. The van der Waals surface area contributed by atoms with Gasteiger partial charge in [-0.1, -0.05) is 35.3 Å². The van der Waals surface area contributed by atoms with Crippen LogP contribution in [0.25, 0.3) is 17.3 Å². The number of benzene rings is 2. The van der Waals surface area contributed by atoms with Crippen molar-refractivity contribution in [2.75, 3.05) is 0 Å². The summed E-state index contributed by atoms with van der Waals surface area (Å²) in [6.45, 7) is 0. The summed E-state index contributed by atoms with van der Waals surface area (Å²) in [6.07, 6.45) is 4.70. The van der Waals surface area contributed by atoms with Crippen molar-refractivity contribution in [2.24, 2.45) is 0 Å². The van der Waals surface area contributed by atoms with Crippen LogP contribution in [0.15, 0.2) is 54.6 Å². The van der Waals surface area contributed by atoms with Crippen molar-refractivity contribution in [1.29, 1.82) is 0 Å². The van der Waals surface area contributed by atoms with Gasteiger partial charge >= 0.3 is 0 Å². The fourth-order valence-electron chi connectivity index (χ4n) is 2.18. The van der Waals surface area contributed by atoms with E-state index in [1.807, 2.05) is 30.4 Å². The van der Waals surface area contributed by atoms with Gasteiger partial charge in [0.15, 0.2) is 0 Å². The van der Waals surface area contributed by atoms with E-state index in [-0.39, 0.29) is 5.82 Å². The van der Waals surface area contributed by atoms with Gasteiger partial charge in [0.25, 0.3) is 0 Å². The first-order valence-electron chi connectivity index (χ1n) is 7.03. The van der Waals surface area contributed by atoms with Crippen molar-refractivity contribution < 1.29 is 4.39 Å². The molecule has 1 aromatic heterocycles. The largest absolute Gasteiger partial charge is 0.278 e. The molecule has 23 heavy (non-hydrogen) atoms. The monoisotopic (exact) mass is 346 g/mol. The lowest BCUT2D eigenvalue weighted by atomic mass is 10.1. The molecule has 1 heterocycles. The zero-order chi connectivity index (χ0) is 16.2. The summed E-state index contributed by atoms with van der Waals surface area (Å²) in [5, 5.41) is 8.28. The van der Waals surface area contributed by atoms with Crippen LogP contribution < -0.4 is 0 Å². The molecule has 0 atom stereocenters. The minimum Gasteiger partial charge on any atom is -0.278 e. The van der Waals surface area contributed by atoms with Gasteiger partial charge in [0.05, 0.1) is 21.4 Å². The topological polar surface area (TPSA) is 28.7 Å². The fourth-order valence-corrected chi connectivity index (χ4v) is 2.50. The molecule has 0 bridgehead atoms. The van der Waals surface area contributed by atoms with E-state index in [0.29, 0.717) is 10.0 Å². The van der Waals surface area contributed by atoms with Crippen LogP contribution >= 0.6 is 23.2 Å². The highest BCUT2D eigenvalue weighted by molar-refractivity contribution is 6.42. The van der Waals surface area contributed by atoms with Gasteiger partial charge in [-0.15, -0.1) is 0 Å². The lowest BCUT2D eigenvalue weighted by Crippen LogP contribution is -1.81. The van der Waals surface area contributed by atoms with Crippen molar-refractivity contribution in [3.05, 3.63) is 81.7 Å². The third-order valence-corrected chi connectivity index (χ3v) is 4.11. The van der Waals surface area contributed by atoms with Gasteiger partial charge in [-0.3, -0.25) is 5.10 Å². The predicted molar refractivity (Wildman–Crippen MR) is 93.2 cm³/mol. The first-order chi connectivity index (χ1) is 11.1. The van der Waals surface area contributed by atoms with Gasteiger partial charge in [0, 0.05) is 5.56 Å². The van der Waals surface area contributed by atoms with E-state index in [4.69, 9.17) is 23.2 Å². The molecule has 0 radical (unpaired) electrons. The highest BCUT2D eigenvalue weighted by Gasteiger charge is 2.02. The molecule has 2 nitrogen and oxygen atoms in total. The van der Waals surface area contributed by atoms with Crippen LogP contribution in [0.3, 0.4) is 0 Å². The first kappa shape index (κ1) is 15.8. The molecule has 0 saturated heterocycles. The maximum absolute atomic E-state index is 12.9. The summed E-state index contributed by atoms with van der Waals surface area (Å²) in [6, 6.07) is 13.7. The summed E-state index contributed by atoms with van der Waals surface area (Å²) >= 11 is 11.9. The van der Waals surface area contributed by atoms with Gasteiger partial charge in [-0.25, -0.2) is 4.39 Å². The molecular weight excluding hydrogens is 334 g/mol. The molecule has 0 saturated carbocycles. The Morgan fingerprint density at radius 3 is 2.52 bits per heavy atom. The first-order valence-corrected chi connectivity index (χ1v) is 7.79. The predicted octanol–water partition coefficient (Wildman–Crippen LogP) is 5.78. The minimum atomic E-state index is -0.258. The molecule has 1 N–H and O–H groups in total. The molecule has 5 heteroatoms. The van der Waals surface area contributed by atoms with E-state index in [1.54, 1.807) is 18.2 Å². The number of rotatable bonds is 4. The van der Waals surface area contributed by atoms with Gasteiger partial charge in [0.1, 0.15) is 5.82 Å². The van der Waals surface area contributed by atoms with Crippen LogP contribution in [0.5, 0.6) is 0 Å². The molecule has 0 unspecified atom stereocenters. The Balaban J connectivity index is 1.68. The second-order valence-electron chi connectivity index (χ2n) is 5.07. The number of halogens is 3. The number of nitrogens with one attached hydrogen (secondary N) is 1. The standard InChI is InChI=1S/C18H13Cl2FN2/c19-16-9-4-12(10-17(16)20)2-1-3-15-11-18(23-22-15)13-5-7-14(21)8-6-13/h1,3-11H,2H2,(H,22,23). The van der Waals surface area contributed by atoms with E-state index in [1.165, 1.54) is 12.1 Å². The third kappa shape index (κ3) is 4.01. The van der Waals surface area contributed by atoms with Crippen molar-refractivity contribution in [3.63, 3.8) is 0 Å². The number of aromatic amines is 1. The van der Waals surface area contributed by atoms with Crippen LogP contribution in [0, 0.1) is 5.82 Å². The molecule has 0 aliphatic carbocycles. The zero-order valence-corrected chi connectivity index (χ0v) is 13.6. The minimum absolute atomic E-state index is 0.258. The summed E-state index contributed by atoms with van der Waals surface area (Å²) in [5.41, 5.74) is 3.60. The average Bonchev–Trinajstić information content (AvgIpc) is 3.00. The number of hydrogen-bond donors (Lipinski definition) is 1. The van der Waals surface area contributed by atoms with Gasteiger partial charge in [-0.2, -0.15) is 5.10 Å². The van der Waals surface area contributed by atoms with E-state index >= 15 is 0 Å². The number of hydrogen-bond acceptors (Lipinski definition) is 1. The SMILES string of the molecule is Fc1ccc(-c2cc(C=CCc3ccc(Cl)c(Cl)c3)[nH]n2)cc1. The lowest BCUT2D eigenvalue weighted by molar-refractivity contribution is 0.628. The summed E-state index contributed by atoms with van der Waals surface area (Å²) < 4.78 is 12.9. The van der Waals surface area contributed by atoms with Gasteiger partial charge in [-0.05, 0) is 60.5 Å². The lowest BCUT2D eigenvalue weighted by Gasteiger charge is -1.99. The van der Waals surface area contributed by atoms with E-state index in [2.05, 4.69) is 10.2 Å². The Bertz CT molecular complexity index is 838. The van der Waals surface area contributed by atoms with Crippen LogP contribution in [-0.4, -0.2) is 10.2 Å². The summed E-state index contributed by atoms with van der Waals surface area (Å²) in [4.78, 5) is 0. The fraction of sp³-hybridized carbons (Fsp3) is 0.0556. The van der Waals surface area contributed by atoms with Crippen molar-refractivity contribution in [3.8, 4) is 11.3 Å². The van der Waals surface area contributed by atoms with Crippen molar-refractivity contribution >= 4 is 29.3 Å². The number of nitrogens with zero attached hydrogens (tertiary/aromatic N) is 1. The van der Waals surface area contributed by atoms with Crippen LogP contribution in [0.1, 0.15) is 11.3 Å². The molecule has 0 spiro atoms. The van der Waals surface area contributed by atoms with E-state index in [0.717, 1.165) is 28.9 Å². The zero-order valence-electron chi connectivity index (χ0n) is 12.1. The smallest absolute Gasteiger partial charge is 0.123 e. The molecule has 0 amide bonds. The molecular formula is C18H13Cl2FN2. The molecule has 3 rings (SSSR count). The molecule has 116 valence electrons. The Morgan fingerprint density at radius 2 is 1.78 bits per heavy atom. The van der Waals surface area contributed by atoms with Crippen molar-refractivity contribution in [1.82, 2.24) is 10.2 Å². The van der Waals surface area contributed by atoms with E-state index in [9.17, 15) is 4.39 Å². The quantitative estimate of drug-likeness (QED) is 0.637. The molecule has 0 aliphatic heterocycles. The van der Waals surface area contributed by atoms with Crippen LogP contribution in [-0.2, 0) is 6.42 Å². The summed E-state index contributed by atoms with van der Waals surface area (Å²) in [5.74, 6) is -0.258. The highest BCUT2D eigenvalue weighted by atomic mass is 35.5. The normalized spacial score (nSPS) is 11.3. The Hall–Kier alpha value is -2.10. The molecule has 3 aromatic rings. The maximum atomic E-state index is 12.9. The molecule has 0 aliphatic rings. The summed E-state index contributed by atoms with van der Waals surface area (Å²) in [7, 11) is 0.